The van der Waals surface area contributed by atoms with Crippen LogP contribution in [0.4, 0.5) is 0 Å². The predicted molar refractivity (Wildman–Crippen MR) is 87.1 cm³/mol. The van der Waals surface area contributed by atoms with Crippen molar-refractivity contribution >= 4 is 5.91 Å². The van der Waals surface area contributed by atoms with E-state index in [2.05, 4.69) is 34.4 Å². The molecule has 0 spiro atoms. The molecule has 0 bridgehead atoms. The average molecular weight is 332 g/mol. The minimum absolute atomic E-state index is 0.0202. The van der Waals surface area contributed by atoms with E-state index in [1.54, 1.807) is 4.90 Å². The van der Waals surface area contributed by atoms with Gasteiger partial charge in [-0.25, -0.2) is 0 Å². The number of rotatable bonds is 5. The molecule has 1 aliphatic heterocycles. The highest BCUT2D eigenvalue weighted by atomic mass is 16.3. The van der Waals surface area contributed by atoms with Crippen LogP contribution in [0, 0.1) is 0 Å². The zero-order chi connectivity index (χ0) is 17.3. The highest BCUT2D eigenvalue weighted by molar-refractivity contribution is 5.79. The highest BCUT2D eigenvalue weighted by Gasteiger charge is 2.41. The first kappa shape index (κ1) is 16.6. The summed E-state index contributed by atoms with van der Waals surface area (Å²) in [6.45, 7) is 4.89. The fourth-order valence-corrected chi connectivity index (χ4v) is 3.50. The van der Waals surface area contributed by atoms with Gasteiger partial charge in [-0.15, -0.1) is 0 Å². The van der Waals surface area contributed by atoms with Crippen LogP contribution in [0.25, 0.3) is 0 Å². The molecule has 1 fully saturated rings. The van der Waals surface area contributed by atoms with Gasteiger partial charge in [-0.2, -0.15) is 20.5 Å². The van der Waals surface area contributed by atoms with E-state index in [4.69, 9.17) is 0 Å². The number of aromatic nitrogens is 5. The number of carbonyl (C=O) groups excluding carboxylic acids is 1. The Morgan fingerprint density at radius 2 is 2.21 bits per heavy atom. The number of aliphatic hydroxyl groups is 1. The molecule has 130 valence electrons. The lowest BCUT2D eigenvalue weighted by molar-refractivity contribution is -0.130. The van der Waals surface area contributed by atoms with Crippen LogP contribution < -0.4 is 0 Å². The number of aromatic amines is 1. The van der Waals surface area contributed by atoms with E-state index in [1.807, 2.05) is 11.7 Å². The molecule has 8 heteroatoms. The number of aryl methyl sites for hydroxylation is 2. The summed E-state index contributed by atoms with van der Waals surface area (Å²) in [5, 5.41) is 25.5. The molecule has 1 aliphatic rings. The zero-order valence-electron chi connectivity index (χ0n) is 14.4. The van der Waals surface area contributed by atoms with Crippen molar-refractivity contribution in [2.24, 2.45) is 7.05 Å². The standard InChI is InChI=1S/C16H24N6O2/c1-4-12-11(13(5-2)21(3)19-12)8-15(23)22-7-6-16(24,10-22)14-9-17-20-18-14/h9,24H,4-8,10H2,1-3H3,(H,17,18,20). The molecule has 0 aliphatic carbocycles. The molecule has 1 unspecified atom stereocenters. The highest BCUT2D eigenvalue weighted by Crippen LogP contribution is 2.30. The van der Waals surface area contributed by atoms with Gasteiger partial charge in [-0.1, -0.05) is 13.8 Å². The molecule has 1 saturated heterocycles. The quantitative estimate of drug-likeness (QED) is 0.822. The lowest BCUT2D eigenvalue weighted by Crippen LogP contribution is -2.35. The molecule has 3 heterocycles. The average Bonchev–Trinajstić information content (AvgIpc) is 3.27. The largest absolute Gasteiger partial charge is 0.381 e. The summed E-state index contributed by atoms with van der Waals surface area (Å²) in [4.78, 5) is 14.5. The number of H-pyrrole nitrogens is 1. The van der Waals surface area contributed by atoms with Crippen molar-refractivity contribution in [3.05, 3.63) is 28.8 Å². The minimum atomic E-state index is -1.11. The Kier molecular flexibility index (Phi) is 4.40. The fraction of sp³-hybridized carbons (Fsp3) is 0.625. The van der Waals surface area contributed by atoms with Crippen LogP contribution in [0.15, 0.2) is 6.20 Å². The molecule has 1 atom stereocenters. The molecule has 2 N–H and O–H groups in total. The summed E-state index contributed by atoms with van der Waals surface area (Å²) in [6.07, 6.45) is 3.96. The molecular weight excluding hydrogens is 308 g/mol. The first-order valence-electron chi connectivity index (χ1n) is 8.38. The Bertz CT molecular complexity index is 723. The van der Waals surface area contributed by atoms with E-state index in [-0.39, 0.29) is 12.5 Å². The van der Waals surface area contributed by atoms with Crippen molar-refractivity contribution in [2.75, 3.05) is 13.1 Å². The number of hydrogen-bond donors (Lipinski definition) is 2. The summed E-state index contributed by atoms with van der Waals surface area (Å²) in [5.74, 6) is 0.0202. The van der Waals surface area contributed by atoms with Crippen LogP contribution in [-0.4, -0.2) is 54.2 Å². The molecule has 0 aromatic carbocycles. The van der Waals surface area contributed by atoms with Gasteiger partial charge in [0.2, 0.25) is 5.91 Å². The third-order valence-corrected chi connectivity index (χ3v) is 4.85. The molecule has 24 heavy (non-hydrogen) atoms. The number of likely N-dealkylation sites (tertiary alicyclic amines) is 1. The van der Waals surface area contributed by atoms with E-state index in [1.165, 1.54) is 6.20 Å². The summed E-state index contributed by atoms with van der Waals surface area (Å²) in [5.41, 5.74) is 2.49. The van der Waals surface area contributed by atoms with Crippen LogP contribution in [0.2, 0.25) is 0 Å². The molecule has 8 nitrogen and oxygen atoms in total. The van der Waals surface area contributed by atoms with Crippen molar-refractivity contribution in [3.8, 4) is 0 Å². The van der Waals surface area contributed by atoms with E-state index in [0.717, 1.165) is 29.8 Å². The summed E-state index contributed by atoms with van der Waals surface area (Å²) in [7, 11) is 1.92. The number of nitrogens with one attached hydrogen (secondary N) is 1. The molecule has 2 aromatic rings. The normalized spacial score (nSPS) is 20.8. The van der Waals surface area contributed by atoms with Crippen LogP contribution in [0.3, 0.4) is 0 Å². The smallest absolute Gasteiger partial charge is 0.227 e. The van der Waals surface area contributed by atoms with Gasteiger partial charge >= 0.3 is 0 Å². The van der Waals surface area contributed by atoms with Gasteiger partial charge in [0.25, 0.3) is 0 Å². The third kappa shape index (κ3) is 2.82. The third-order valence-electron chi connectivity index (χ3n) is 4.85. The van der Waals surface area contributed by atoms with Crippen molar-refractivity contribution in [1.82, 2.24) is 30.1 Å². The van der Waals surface area contributed by atoms with E-state index in [0.29, 0.717) is 25.1 Å². The van der Waals surface area contributed by atoms with Gasteiger partial charge in [0.1, 0.15) is 11.3 Å². The molecule has 3 rings (SSSR count). The van der Waals surface area contributed by atoms with Crippen LogP contribution in [-0.2, 0) is 36.7 Å². The second kappa shape index (κ2) is 6.35. The van der Waals surface area contributed by atoms with Crippen molar-refractivity contribution in [3.63, 3.8) is 0 Å². The Balaban J connectivity index is 1.75. The van der Waals surface area contributed by atoms with Gasteiger partial charge < -0.3 is 10.0 Å². The van der Waals surface area contributed by atoms with Gasteiger partial charge in [-0.3, -0.25) is 9.48 Å². The first-order valence-corrected chi connectivity index (χ1v) is 8.38. The van der Waals surface area contributed by atoms with E-state index in [9.17, 15) is 9.90 Å². The SMILES string of the molecule is CCc1nn(C)c(CC)c1CC(=O)N1CCC(O)(c2cn[nH]n2)C1. The number of hydrogen-bond acceptors (Lipinski definition) is 5. The topological polar surface area (TPSA) is 99.9 Å². The van der Waals surface area contributed by atoms with Crippen molar-refractivity contribution in [1.29, 1.82) is 0 Å². The van der Waals surface area contributed by atoms with Gasteiger partial charge in [0.05, 0.1) is 24.9 Å². The number of β-amino-alcohol motifs (C(OH)–C–C–N with tert-alkyl or cyclic N) is 1. The maximum Gasteiger partial charge on any atom is 0.227 e. The fourth-order valence-electron chi connectivity index (χ4n) is 3.50. The summed E-state index contributed by atoms with van der Waals surface area (Å²) < 4.78 is 1.87. The molecule has 0 saturated carbocycles. The number of nitrogens with zero attached hydrogens (tertiary/aromatic N) is 5. The van der Waals surface area contributed by atoms with E-state index >= 15 is 0 Å². The predicted octanol–water partition coefficient (Wildman–Crippen LogP) is 0.326. The Morgan fingerprint density at radius 3 is 2.83 bits per heavy atom. The van der Waals surface area contributed by atoms with Gasteiger partial charge in [0, 0.05) is 31.3 Å². The molecule has 1 amide bonds. The maximum atomic E-state index is 12.8. The number of carbonyl (C=O) groups is 1. The van der Waals surface area contributed by atoms with Crippen molar-refractivity contribution < 1.29 is 9.90 Å². The lowest BCUT2D eigenvalue weighted by Gasteiger charge is -2.21. The second-order valence-corrected chi connectivity index (χ2v) is 6.33. The van der Waals surface area contributed by atoms with Crippen molar-refractivity contribution in [2.45, 2.75) is 45.1 Å². The van der Waals surface area contributed by atoms with E-state index < -0.39 is 5.60 Å². The van der Waals surface area contributed by atoms with Gasteiger partial charge in [-0.05, 0) is 12.8 Å². The maximum absolute atomic E-state index is 12.8. The van der Waals surface area contributed by atoms with Crippen LogP contribution in [0.1, 0.15) is 42.9 Å². The zero-order valence-corrected chi connectivity index (χ0v) is 14.4. The summed E-state index contributed by atoms with van der Waals surface area (Å²) in [6, 6.07) is 0. The Hall–Kier alpha value is -2.22. The molecular formula is C16H24N6O2. The number of amides is 1. The Morgan fingerprint density at radius 1 is 1.42 bits per heavy atom. The summed E-state index contributed by atoms with van der Waals surface area (Å²) >= 11 is 0. The van der Waals surface area contributed by atoms with Gasteiger partial charge in [0.15, 0.2) is 0 Å². The minimum Gasteiger partial charge on any atom is -0.381 e. The molecule has 2 aromatic heterocycles. The Labute approximate surface area is 140 Å². The van der Waals surface area contributed by atoms with Crippen LogP contribution >= 0.6 is 0 Å². The first-order chi connectivity index (χ1) is 11.5. The van der Waals surface area contributed by atoms with Crippen LogP contribution in [0.5, 0.6) is 0 Å². The lowest BCUT2D eigenvalue weighted by atomic mass is 10.00. The molecule has 0 radical (unpaired) electrons. The monoisotopic (exact) mass is 332 g/mol. The second-order valence-electron chi connectivity index (χ2n) is 6.33.